The molecule has 1 heterocycles. The summed E-state index contributed by atoms with van der Waals surface area (Å²) in [6.07, 6.45) is 4.06. The molecule has 2 fully saturated rings. The van der Waals surface area contributed by atoms with Crippen molar-refractivity contribution in [3.05, 3.63) is 29.8 Å². The molecular formula is C14H19NO2S. The molecule has 98 valence electrons. The maximum atomic E-state index is 12.1. The highest BCUT2D eigenvalue weighted by atomic mass is 32.2. The van der Waals surface area contributed by atoms with Gasteiger partial charge in [0.2, 0.25) is 0 Å². The zero-order valence-electron chi connectivity index (χ0n) is 10.4. The van der Waals surface area contributed by atoms with Crippen LogP contribution < -0.4 is 5.32 Å². The van der Waals surface area contributed by atoms with Gasteiger partial charge in [0.1, 0.15) is 0 Å². The van der Waals surface area contributed by atoms with E-state index in [0.717, 1.165) is 25.9 Å². The maximum absolute atomic E-state index is 12.1. The summed E-state index contributed by atoms with van der Waals surface area (Å²) >= 11 is 0. The van der Waals surface area contributed by atoms with Crippen LogP contribution in [-0.4, -0.2) is 26.8 Å². The Labute approximate surface area is 109 Å². The van der Waals surface area contributed by atoms with Crippen LogP contribution in [0, 0.1) is 0 Å². The third-order valence-electron chi connectivity index (χ3n) is 3.94. The molecule has 1 aliphatic carbocycles. The Balaban J connectivity index is 1.80. The van der Waals surface area contributed by atoms with Crippen LogP contribution in [0.1, 0.15) is 37.2 Å². The lowest BCUT2D eigenvalue weighted by Gasteiger charge is -2.23. The lowest BCUT2D eigenvalue weighted by Crippen LogP contribution is -2.28. The predicted molar refractivity (Wildman–Crippen MR) is 71.5 cm³/mol. The molecule has 0 spiro atoms. The van der Waals surface area contributed by atoms with Gasteiger partial charge in [-0.3, -0.25) is 0 Å². The molecular weight excluding hydrogens is 246 g/mol. The first-order chi connectivity index (χ1) is 8.68. The van der Waals surface area contributed by atoms with Gasteiger partial charge in [0.25, 0.3) is 0 Å². The van der Waals surface area contributed by atoms with Gasteiger partial charge >= 0.3 is 0 Å². The summed E-state index contributed by atoms with van der Waals surface area (Å²) < 4.78 is 24.1. The molecule has 0 radical (unpaired) electrons. The summed E-state index contributed by atoms with van der Waals surface area (Å²) in [4.78, 5) is 0.498. The summed E-state index contributed by atoms with van der Waals surface area (Å²) in [6, 6.07) is 7.56. The number of benzene rings is 1. The molecule has 4 heteroatoms. The lowest BCUT2D eigenvalue weighted by atomic mass is 9.92. The summed E-state index contributed by atoms with van der Waals surface area (Å²) in [6.45, 7) is 2.11. The first kappa shape index (κ1) is 12.2. The van der Waals surface area contributed by atoms with Crippen LogP contribution in [-0.2, 0) is 9.84 Å². The summed E-state index contributed by atoms with van der Waals surface area (Å²) in [7, 11) is -3.03. The van der Waals surface area contributed by atoms with Crippen molar-refractivity contribution in [3.8, 4) is 0 Å². The minimum atomic E-state index is -3.03. The van der Waals surface area contributed by atoms with E-state index < -0.39 is 9.84 Å². The highest BCUT2D eigenvalue weighted by molar-refractivity contribution is 7.92. The first-order valence-corrected chi connectivity index (χ1v) is 8.27. The van der Waals surface area contributed by atoms with Crippen LogP contribution in [0.15, 0.2) is 29.2 Å². The fourth-order valence-electron chi connectivity index (χ4n) is 2.64. The van der Waals surface area contributed by atoms with E-state index in [9.17, 15) is 8.42 Å². The molecule has 1 saturated carbocycles. The van der Waals surface area contributed by atoms with E-state index in [1.165, 1.54) is 18.4 Å². The molecule has 1 aromatic carbocycles. The molecule has 1 unspecified atom stereocenters. The number of nitrogens with one attached hydrogen (secondary N) is 1. The summed E-state index contributed by atoms with van der Waals surface area (Å²) in [5, 5.41) is 3.28. The molecule has 0 aromatic heterocycles. The topological polar surface area (TPSA) is 46.2 Å². The molecule has 3 rings (SSSR count). The number of sulfone groups is 1. The minimum absolute atomic E-state index is 0.111. The van der Waals surface area contributed by atoms with Crippen LogP contribution in [0.3, 0.4) is 0 Å². The third kappa shape index (κ3) is 2.31. The molecule has 1 aromatic rings. The lowest BCUT2D eigenvalue weighted by molar-refractivity contribution is 0.461. The fourth-order valence-corrected chi connectivity index (χ4v) is 4.29. The number of hydrogen-bond donors (Lipinski definition) is 1. The van der Waals surface area contributed by atoms with E-state index in [1.54, 1.807) is 12.1 Å². The van der Waals surface area contributed by atoms with Crippen molar-refractivity contribution in [3.63, 3.8) is 0 Å². The molecule has 1 atom stereocenters. The predicted octanol–water partition coefficient (Wildman–Crippen LogP) is 2.09. The molecule has 1 aliphatic heterocycles. The van der Waals surface area contributed by atoms with Crippen LogP contribution in [0.25, 0.3) is 0 Å². The van der Waals surface area contributed by atoms with Crippen molar-refractivity contribution in [1.82, 2.24) is 5.32 Å². The largest absolute Gasteiger partial charge is 0.316 e. The van der Waals surface area contributed by atoms with Crippen LogP contribution in [0.4, 0.5) is 0 Å². The van der Waals surface area contributed by atoms with Gasteiger partial charge in [-0.15, -0.1) is 0 Å². The SMILES string of the molecule is O=S(=O)(c1ccc(C2CCCNC2)cc1)C1CC1. The third-order valence-corrected chi connectivity index (χ3v) is 6.22. The molecule has 1 saturated heterocycles. The zero-order valence-corrected chi connectivity index (χ0v) is 11.2. The average Bonchev–Trinajstić information content (AvgIpc) is 3.25. The standard InChI is InChI=1S/C14H19NO2S/c16-18(17,14-7-8-14)13-5-3-11(4-6-13)12-2-1-9-15-10-12/h3-6,12,14-15H,1-2,7-10H2. The number of piperidine rings is 1. The van der Waals surface area contributed by atoms with Gasteiger partial charge in [0.05, 0.1) is 10.1 Å². The second-order valence-corrected chi connectivity index (χ2v) is 7.58. The van der Waals surface area contributed by atoms with E-state index >= 15 is 0 Å². The Bertz CT molecular complexity index is 511. The second-order valence-electron chi connectivity index (χ2n) is 5.36. The van der Waals surface area contributed by atoms with E-state index in [-0.39, 0.29) is 5.25 Å². The van der Waals surface area contributed by atoms with Crippen LogP contribution >= 0.6 is 0 Å². The second kappa shape index (κ2) is 4.67. The van der Waals surface area contributed by atoms with Gasteiger partial charge in [0, 0.05) is 6.54 Å². The monoisotopic (exact) mass is 265 g/mol. The molecule has 18 heavy (non-hydrogen) atoms. The van der Waals surface area contributed by atoms with Crippen molar-refractivity contribution in [2.45, 2.75) is 41.7 Å². The summed E-state index contributed by atoms with van der Waals surface area (Å²) in [5.41, 5.74) is 1.26. The fraction of sp³-hybridized carbons (Fsp3) is 0.571. The van der Waals surface area contributed by atoms with E-state index in [0.29, 0.717) is 10.8 Å². The van der Waals surface area contributed by atoms with E-state index in [2.05, 4.69) is 5.32 Å². The van der Waals surface area contributed by atoms with Crippen molar-refractivity contribution in [1.29, 1.82) is 0 Å². The molecule has 1 N–H and O–H groups in total. The molecule has 0 bridgehead atoms. The van der Waals surface area contributed by atoms with Gasteiger partial charge in [-0.05, 0) is 55.8 Å². The highest BCUT2D eigenvalue weighted by Crippen LogP contribution is 2.34. The normalized spacial score (nSPS) is 25.0. The van der Waals surface area contributed by atoms with Gasteiger partial charge < -0.3 is 5.32 Å². The Hall–Kier alpha value is -0.870. The smallest absolute Gasteiger partial charge is 0.181 e. The maximum Gasteiger partial charge on any atom is 0.181 e. The minimum Gasteiger partial charge on any atom is -0.316 e. The van der Waals surface area contributed by atoms with Crippen molar-refractivity contribution in [2.75, 3.05) is 13.1 Å². The van der Waals surface area contributed by atoms with Gasteiger partial charge in [-0.2, -0.15) is 0 Å². The highest BCUT2D eigenvalue weighted by Gasteiger charge is 2.36. The van der Waals surface area contributed by atoms with E-state index in [1.807, 2.05) is 12.1 Å². The summed E-state index contributed by atoms with van der Waals surface area (Å²) in [5.74, 6) is 0.538. The van der Waals surface area contributed by atoms with Gasteiger partial charge in [-0.25, -0.2) is 8.42 Å². The molecule has 3 nitrogen and oxygen atoms in total. The molecule has 2 aliphatic rings. The number of rotatable bonds is 3. The Morgan fingerprint density at radius 1 is 1.06 bits per heavy atom. The Kier molecular flexibility index (Phi) is 3.16. The average molecular weight is 265 g/mol. The van der Waals surface area contributed by atoms with Crippen molar-refractivity contribution in [2.24, 2.45) is 0 Å². The Morgan fingerprint density at radius 2 is 1.78 bits per heavy atom. The van der Waals surface area contributed by atoms with Crippen LogP contribution in [0.5, 0.6) is 0 Å². The van der Waals surface area contributed by atoms with Gasteiger partial charge in [0.15, 0.2) is 9.84 Å². The van der Waals surface area contributed by atoms with Crippen LogP contribution in [0.2, 0.25) is 0 Å². The first-order valence-electron chi connectivity index (χ1n) is 6.72. The van der Waals surface area contributed by atoms with Crippen molar-refractivity contribution < 1.29 is 8.42 Å². The molecule has 0 amide bonds. The quantitative estimate of drug-likeness (QED) is 0.910. The van der Waals surface area contributed by atoms with Crippen molar-refractivity contribution >= 4 is 9.84 Å². The van der Waals surface area contributed by atoms with Gasteiger partial charge in [-0.1, -0.05) is 12.1 Å². The zero-order chi connectivity index (χ0) is 12.6. The van der Waals surface area contributed by atoms with E-state index in [4.69, 9.17) is 0 Å². The number of hydrogen-bond acceptors (Lipinski definition) is 3. The Morgan fingerprint density at radius 3 is 2.33 bits per heavy atom.